The van der Waals surface area contributed by atoms with E-state index in [0.717, 1.165) is 0 Å². The van der Waals surface area contributed by atoms with Crippen molar-refractivity contribution in [1.29, 1.82) is 0 Å². The lowest BCUT2D eigenvalue weighted by molar-refractivity contribution is -0.0466. The molecule has 0 fully saturated rings. The molecule has 15 nitrogen and oxygen atoms in total. The highest BCUT2D eigenvalue weighted by Gasteiger charge is 2.67. The predicted molar refractivity (Wildman–Crippen MR) is 122 cm³/mol. The van der Waals surface area contributed by atoms with Crippen LogP contribution in [0.25, 0.3) is 0 Å². The number of halogens is 18. The molecule has 1 aromatic carbocycles. The molecule has 0 heterocycles. The van der Waals surface area contributed by atoms with E-state index in [1.807, 2.05) is 0 Å². The van der Waals surface area contributed by atoms with Gasteiger partial charge in [-0.2, -0.15) is 104 Å². The monoisotopic (exact) mass is 915 g/mol. The van der Waals surface area contributed by atoms with E-state index in [9.17, 15) is 130 Å². The first kappa shape index (κ1) is 46.1. The summed E-state index contributed by atoms with van der Waals surface area (Å²) < 4.78 is 384. The zero-order valence-electron chi connectivity index (χ0n) is 21.7. The number of alkyl halides is 18. The fourth-order valence-corrected chi connectivity index (χ4v) is 9.98. The van der Waals surface area contributed by atoms with Crippen molar-refractivity contribution in [3.63, 3.8) is 0 Å². The van der Waals surface area contributed by atoms with E-state index in [-0.39, 0.29) is 0 Å². The van der Waals surface area contributed by atoms with Crippen LogP contribution in [0.4, 0.5) is 96.1 Å². The molecular formula is C12H3F18N3O12S6. The minimum Gasteiger partial charge on any atom is -0.396 e. The van der Waals surface area contributed by atoms with Gasteiger partial charge in [0.25, 0.3) is 29.5 Å². The molecule has 0 aliphatic heterocycles. The molecule has 0 aromatic heterocycles. The Balaban J connectivity index is 5.84. The second-order valence-corrected chi connectivity index (χ2v) is 19.2. The maximum atomic E-state index is 13.8. The Bertz CT molecular complexity index is 2240. The molecule has 51 heavy (non-hydrogen) atoms. The summed E-state index contributed by atoms with van der Waals surface area (Å²) in [6.07, 6.45) is 0. The van der Waals surface area contributed by atoms with Crippen LogP contribution in [-0.2, 0) is 59.6 Å². The molecule has 0 bridgehead atoms. The lowest BCUT2D eigenvalue weighted by Crippen LogP contribution is -2.51. The lowest BCUT2D eigenvalue weighted by Gasteiger charge is -2.32. The van der Waals surface area contributed by atoms with Crippen LogP contribution in [0.2, 0.25) is 0 Å². The van der Waals surface area contributed by atoms with E-state index >= 15 is 0 Å². The van der Waals surface area contributed by atoms with Crippen molar-refractivity contribution in [2.45, 2.75) is 47.7 Å². The number of anilines is 3. The SMILES string of the molecule is Nc1c(S(=O)(=O)C(F)(F)F)c(NS(=O)(=O)C(F)(F)F)c(S(=O)(=O)C(F)(F)F)c(N(S(=O)(=O)C(F)(F)F)S(=O)(=O)C(F)(F)F)c1S(=O)(=O)C(F)(F)F. The van der Waals surface area contributed by atoms with Crippen LogP contribution < -0.4 is 14.2 Å². The second-order valence-electron chi connectivity index (χ2n) is 8.12. The summed E-state index contributed by atoms with van der Waals surface area (Å²) >= 11 is 0. The van der Waals surface area contributed by atoms with Gasteiger partial charge in [0.15, 0.2) is 0 Å². The van der Waals surface area contributed by atoms with Crippen molar-refractivity contribution < 1.29 is 130 Å². The number of rotatable bonds is 8. The van der Waals surface area contributed by atoms with Gasteiger partial charge >= 0.3 is 63.1 Å². The van der Waals surface area contributed by atoms with Crippen molar-refractivity contribution >= 4 is 76.6 Å². The molecule has 0 spiro atoms. The summed E-state index contributed by atoms with van der Waals surface area (Å²) in [5.41, 5.74) is -56.4. The standard InChI is InChI=1S/C12H3F18N3O12S6/c13-7(14,15)46(34,35)4-1(31)5(47(36,37)8(16,17)18)3(33(50(42,43)11(25,26)27)51(44,45)12(28,29)30)6(48(38,39)9(19,20)21)2(4)32-49(40,41)10(22,23)24/h32H,31H2. The summed E-state index contributed by atoms with van der Waals surface area (Å²) in [6, 6.07) is 0. The topological polar surface area (TPSA) is 246 Å². The van der Waals surface area contributed by atoms with Crippen LogP contribution in [0, 0.1) is 0 Å². The number of nitrogens with one attached hydrogen (secondary N) is 1. The fraction of sp³-hybridized carbons (Fsp3) is 0.500. The summed E-state index contributed by atoms with van der Waals surface area (Å²) in [5.74, 6) is 0. The number of hydrogen-bond acceptors (Lipinski definition) is 13. The zero-order chi connectivity index (χ0) is 41.7. The molecule has 1 rings (SSSR count). The molecule has 300 valence electrons. The third-order valence-electron chi connectivity index (χ3n) is 4.84. The van der Waals surface area contributed by atoms with Gasteiger partial charge in [-0.3, -0.25) is 4.72 Å². The number of nitrogens with two attached hydrogens (primary N) is 1. The average molecular weight is 916 g/mol. The molecule has 39 heteroatoms. The van der Waals surface area contributed by atoms with E-state index in [4.69, 9.17) is 0 Å². The van der Waals surface area contributed by atoms with Gasteiger partial charge in [-0.1, -0.05) is 0 Å². The molecule has 0 aliphatic rings. The Morgan fingerprint density at radius 3 is 0.941 bits per heavy atom. The van der Waals surface area contributed by atoms with Gasteiger partial charge in [0.2, 0.25) is 0 Å². The Morgan fingerprint density at radius 1 is 0.412 bits per heavy atom. The van der Waals surface area contributed by atoms with Crippen LogP contribution in [0.3, 0.4) is 0 Å². The van der Waals surface area contributed by atoms with E-state index in [0.29, 0.717) is 0 Å². The van der Waals surface area contributed by atoms with Crippen molar-refractivity contribution in [1.82, 2.24) is 0 Å². The van der Waals surface area contributed by atoms with Gasteiger partial charge in [0, 0.05) is 0 Å². The number of sulfonamides is 3. The number of nitrogens with zero attached hydrogens (tertiary/aromatic N) is 1. The first-order chi connectivity index (χ1) is 21.6. The molecular weight excluding hydrogens is 913 g/mol. The van der Waals surface area contributed by atoms with Crippen LogP contribution in [0.5, 0.6) is 0 Å². The van der Waals surface area contributed by atoms with Gasteiger partial charge in [-0.05, 0) is 0 Å². The van der Waals surface area contributed by atoms with Gasteiger partial charge in [-0.15, -0.1) is 3.71 Å². The first-order valence-corrected chi connectivity index (χ1v) is 18.9. The lowest BCUT2D eigenvalue weighted by atomic mass is 10.2. The van der Waals surface area contributed by atoms with Crippen molar-refractivity contribution in [2.75, 3.05) is 14.2 Å². The van der Waals surface area contributed by atoms with Crippen LogP contribution >= 0.6 is 0 Å². The molecule has 0 aliphatic carbocycles. The zero-order valence-corrected chi connectivity index (χ0v) is 26.6. The van der Waals surface area contributed by atoms with Gasteiger partial charge in [-0.25, -0.2) is 25.3 Å². The minimum atomic E-state index is -9.34. The summed E-state index contributed by atoms with van der Waals surface area (Å²) in [7, 11) is -53.7. The van der Waals surface area contributed by atoms with Gasteiger partial charge in [0.1, 0.15) is 20.4 Å². The molecule has 0 amide bonds. The van der Waals surface area contributed by atoms with Crippen LogP contribution in [0.1, 0.15) is 0 Å². The third-order valence-corrected chi connectivity index (χ3v) is 14.2. The van der Waals surface area contributed by atoms with Gasteiger partial charge in [0.05, 0.1) is 11.4 Å². The average Bonchev–Trinajstić information content (AvgIpc) is 2.78. The maximum Gasteiger partial charge on any atom is 0.517 e. The Morgan fingerprint density at radius 2 is 0.686 bits per heavy atom. The highest BCUT2D eigenvalue weighted by Crippen LogP contribution is 2.57. The smallest absolute Gasteiger partial charge is 0.396 e. The van der Waals surface area contributed by atoms with Crippen molar-refractivity contribution in [3.8, 4) is 0 Å². The minimum absolute atomic E-state index is 0.960. The fourth-order valence-electron chi connectivity index (χ4n) is 2.86. The van der Waals surface area contributed by atoms with Crippen LogP contribution in [0.15, 0.2) is 14.7 Å². The molecule has 0 radical (unpaired) electrons. The number of hydrogen-bond donors (Lipinski definition) is 2. The second kappa shape index (κ2) is 12.0. The van der Waals surface area contributed by atoms with E-state index < -0.39 is 133 Å². The molecule has 0 saturated carbocycles. The Kier molecular flexibility index (Phi) is 10.9. The Hall–Kier alpha value is -2.94. The molecule has 0 atom stereocenters. The molecule has 0 saturated heterocycles. The van der Waals surface area contributed by atoms with Gasteiger partial charge < -0.3 is 5.73 Å². The highest BCUT2D eigenvalue weighted by molar-refractivity contribution is 8.11. The summed E-state index contributed by atoms with van der Waals surface area (Å²) in [5, 5.41) is 0. The highest BCUT2D eigenvalue weighted by atomic mass is 32.3. The van der Waals surface area contributed by atoms with E-state index in [1.54, 1.807) is 0 Å². The van der Waals surface area contributed by atoms with E-state index in [1.165, 1.54) is 0 Å². The van der Waals surface area contributed by atoms with Crippen molar-refractivity contribution in [2.24, 2.45) is 0 Å². The predicted octanol–water partition coefficient (Wildman–Crippen LogP) is 2.92. The summed E-state index contributed by atoms with van der Waals surface area (Å²) in [6.45, 7) is 0. The molecule has 1 aromatic rings. The maximum absolute atomic E-state index is 13.8. The number of nitrogen functional groups attached to an aromatic ring is 1. The first-order valence-electron chi connectivity index (χ1n) is 10.1. The third kappa shape index (κ3) is 7.34. The molecule has 3 N–H and O–H groups in total. The normalized spacial score (nSPS) is 15.5. The number of benzene rings is 1. The quantitative estimate of drug-likeness (QED) is 0.282. The molecule has 0 unspecified atom stereocenters. The number of sulfone groups is 3. The Labute approximate surface area is 267 Å². The van der Waals surface area contributed by atoms with Crippen LogP contribution in [-0.4, -0.2) is 83.6 Å². The summed E-state index contributed by atoms with van der Waals surface area (Å²) in [4.78, 5) is -14.5. The van der Waals surface area contributed by atoms with Crippen molar-refractivity contribution in [3.05, 3.63) is 0 Å². The largest absolute Gasteiger partial charge is 0.517 e. The van der Waals surface area contributed by atoms with E-state index in [2.05, 4.69) is 5.73 Å².